The highest BCUT2D eigenvalue weighted by Crippen LogP contribution is 2.02. The summed E-state index contributed by atoms with van der Waals surface area (Å²) in [6, 6.07) is 0. The van der Waals surface area contributed by atoms with Crippen molar-refractivity contribution in [2.75, 3.05) is 6.54 Å². The van der Waals surface area contributed by atoms with Gasteiger partial charge < -0.3 is 5.32 Å². The molecule has 1 amide bonds. The van der Waals surface area contributed by atoms with Crippen LogP contribution in [0.3, 0.4) is 0 Å². The van der Waals surface area contributed by atoms with Gasteiger partial charge in [0.1, 0.15) is 0 Å². The number of aromatic nitrogens is 1. The number of nitrogens with one attached hydrogen (secondary N) is 1. The van der Waals surface area contributed by atoms with Crippen LogP contribution in [0.4, 0.5) is 0 Å². The zero-order valence-corrected chi connectivity index (χ0v) is 6.15. The van der Waals surface area contributed by atoms with Crippen LogP contribution in [0.2, 0.25) is 0 Å². The van der Waals surface area contributed by atoms with Crippen LogP contribution in [0.5, 0.6) is 0 Å². The molecule has 1 radical (unpaired) electrons. The van der Waals surface area contributed by atoms with E-state index < -0.39 is 0 Å². The van der Waals surface area contributed by atoms with Crippen molar-refractivity contribution < 1.29 is 4.79 Å². The maximum absolute atomic E-state index is 9.68. The number of carbonyl (C=O) groups excluding carboxylic acids is 1. The van der Waals surface area contributed by atoms with Crippen LogP contribution in [0.25, 0.3) is 0 Å². The maximum Gasteiger partial charge on any atom is 0.309 e. The molecule has 0 bridgehead atoms. The molecule has 0 unspecified atom stereocenters. The molecule has 10 heavy (non-hydrogen) atoms. The minimum Gasteiger partial charge on any atom is -0.347 e. The molecule has 1 aromatic heterocycles. The molecule has 0 aliphatic rings. The van der Waals surface area contributed by atoms with E-state index >= 15 is 0 Å². The van der Waals surface area contributed by atoms with Gasteiger partial charge in [-0.25, -0.2) is 4.98 Å². The van der Waals surface area contributed by atoms with Gasteiger partial charge in [-0.05, 0) is 0 Å². The van der Waals surface area contributed by atoms with Gasteiger partial charge in [0, 0.05) is 24.5 Å². The van der Waals surface area contributed by atoms with Crippen LogP contribution in [0.15, 0.2) is 11.6 Å². The summed E-state index contributed by atoms with van der Waals surface area (Å²) in [5, 5.41) is 5.41. The standard InChI is InChI=1S/C6H7N2OS/c9-5-7-2-1-6-8-3-4-10-6/h3-4H,1-2H2,(H,7,9). The van der Waals surface area contributed by atoms with E-state index in [0.29, 0.717) is 6.54 Å². The highest BCUT2D eigenvalue weighted by Gasteiger charge is 1.92. The lowest BCUT2D eigenvalue weighted by Gasteiger charge is -1.91. The number of amides is 1. The Morgan fingerprint density at radius 3 is 3.30 bits per heavy atom. The van der Waals surface area contributed by atoms with Gasteiger partial charge in [0.25, 0.3) is 0 Å². The van der Waals surface area contributed by atoms with E-state index in [1.54, 1.807) is 23.9 Å². The van der Waals surface area contributed by atoms with Gasteiger partial charge in [-0.3, -0.25) is 4.79 Å². The van der Waals surface area contributed by atoms with Gasteiger partial charge in [-0.15, -0.1) is 11.3 Å². The molecule has 0 aliphatic heterocycles. The fraction of sp³-hybridized carbons (Fsp3) is 0.333. The first-order valence-electron chi connectivity index (χ1n) is 2.92. The highest BCUT2D eigenvalue weighted by atomic mass is 32.1. The SMILES string of the molecule is O=[C]NCCc1nccs1. The summed E-state index contributed by atoms with van der Waals surface area (Å²) in [6.07, 6.45) is 4.16. The van der Waals surface area contributed by atoms with E-state index in [9.17, 15) is 4.79 Å². The van der Waals surface area contributed by atoms with E-state index in [4.69, 9.17) is 0 Å². The van der Waals surface area contributed by atoms with Crippen LogP contribution < -0.4 is 5.32 Å². The summed E-state index contributed by atoms with van der Waals surface area (Å²) < 4.78 is 0. The lowest BCUT2D eigenvalue weighted by molar-refractivity contribution is 0.542. The van der Waals surface area contributed by atoms with E-state index in [1.807, 2.05) is 5.38 Å². The number of nitrogens with zero attached hydrogens (tertiary/aromatic N) is 1. The van der Waals surface area contributed by atoms with Crippen molar-refractivity contribution in [3.63, 3.8) is 0 Å². The van der Waals surface area contributed by atoms with Crippen molar-refractivity contribution >= 4 is 17.7 Å². The predicted octanol–water partition coefficient (Wildman–Crippen LogP) is 0.342. The third-order valence-corrected chi connectivity index (χ3v) is 1.86. The Bertz CT molecular complexity index is 186. The summed E-state index contributed by atoms with van der Waals surface area (Å²) in [5.74, 6) is 0. The first kappa shape index (κ1) is 7.21. The molecule has 3 nitrogen and oxygen atoms in total. The van der Waals surface area contributed by atoms with Gasteiger partial charge in [0.15, 0.2) is 0 Å². The Labute approximate surface area is 63.1 Å². The summed E-state index contributed by atoms with van der Waals surface area (Å²) in [5.41, 5.74) is 0. The minimum absolute atomic E-state index is 0.622. The Kier molecular flexibility index (Phi) is 2.89. The van der Waals surface area contributed by atoms with Gasteiger partial charge in [-0.2, -0.15) is 0 Å². The quantitative estimate of drug-likeness (QED) is 0.503. The normalized spacial score (nSPS) is 9.20. The van der Waals surface area contributed by atoms with Crippen LogP contribution in [0, 0.1) is 0 Å². The molecule has 1 aromatic rings. The van der Waals surface area contributed by atoms with Crippen molar-refractivity contribution in [3.8, 4) is 0 Å². The van der Waals surface area contributed by atoms with Gasteiger partial charge >= 0.3 is 6.41 Å². The van der Waals surface area contributed by atoms with Gasteiger partial charge in [-0.1, -0.05) is 0 Å². The Hall–Kier alpha value is -0.900. The lowest BCUT2D eigenvalue weighted by Crippen LogP contribution is -2.13. The van der Waals surface area contributed by atoms with Gasteiger partial charge in [0.05, 0.1) is 5.01 Å². The van der Waals surface area contributed by atoms with Crippen LogP contribution in [-0.2, 0) is 11.2 Å². The zero-order valence-electron chi connectivity index (χ0n) is 5.33. The second-order valence-corrected chi connectivity index (χ2v) is 2.68. The molecule has 1 heterocycles. The number of hydrogen-bond acceptors (Lipinski definition) is 3. The highest BCUT2D eigenvalue weighted by molar-refractivity contribution is 7.09. The third-order valence-electron chi connectivity index (χ3n) is 1.02. The minimum atomic E-state index is 0.622. The monoisotopic (exact) mass is 155 g/mol. The second-order valence-electron chi connectivity index (χ2n) is 1.70. The molecule has 0 spiro atoms. The third kappa shape index (κ3) is 2.14. The number of thiazole rings is 1. The van der Waals surface area contributed by atoms with Crippen molar-refractivity contribution in [2.24, 2.45) is 0 Å². The summed E-state index contributed by atoms with van der Waals surface area (Å²) in [4.78, 5) is 13.7. The van der Waals surface area contributed by atoms with Crippen molar-refractivity contribution in [3.05, 3.63) is 16.6 Å². The molecule has 0 atom stereocenters. The first-order chi connectivity index (χ1) is 4.93. The topological polar surface area (TPSA) is 42.0 Å². The molecule has 0 saturated carbocycles. The molecule has 1 N–H and O–H groups in total. The summed E-state index contributed by atoms with van der Waals surface area (Å²) in [6.45, 7) is 0.622. The van der Waals surface area contributed by atoms with Gasteiger partial charge in [0.2, 0.25) is 0 Å². The molecule has 0 aromatic carbocycles. The van der Waals surface area contributed by atoms with Crippen molar-refractivity contribution in [1.29, 1.82) is 0 Å². The second kappa shape index (κ2) is 4.00. The molecule has 0 aliphatic carbocycles. The molecular formula is C6H7N2OS. The van der Waals surface area contributed by atoms with E-state index in [2.05, 4.69) is 10.3 Å². The zero-order chi connectivity index (χ0) is 7.23. The smallest absolute Gasteiger partial charge is 0.309 e. The van der Waals surface area contributed by atoms with Crippen molar-refractivity contribution in [2.45, 2.75) is 6.42 Å². The van der Waals surface area contributed by atoms with E-state index in [0.717, 1.165) is 11.4 Å². The summed E-state index contributed by atoms with van der Waals surface area (Å²) in [7, 11) is 0. The Morgan fingerprint density at radius 1 is 1.80 bits per heavy atom. The molecule has 1 rings (SSSR count). The fourth-order valence-electron chi connectivity index (χ4n) is 0.597. The first-order valence-corrected chi connectivity index (χ1v) is 3.80. The van der Waals surface area contributed by atoms with Crippen LogP contribution >= 0.6 is 11.3 Å². The molecule has 0 fully saturated rings. The van der Waals surface area contributed by atoms with E-state index in [1.165, 1.54) is 0 Å². The molecule has 53 valence electrons. The Balaban J connectivity index is 2.21. The van der Waals surface area contributed by atoms with Crippen LogP contribution in [-0.4, -0.2) is 17.9 Å². The number of hydrogen-bond donors (Lipinski definition) is 1. The molecular weight excluding hydrogens is 148 g/mol. The predicted molar refractivity (Wildman–Crippen MR) is 39.5 cm³/mol. The number of rotatable bonds is 4. The largest absolute Gasteiger partial charge is 0.347 e. The summed E-state index contributed by atoms with van der Waals surface area (Å²) >= 11 is 1.59. The average Bonchev–Trinajstić information content (AvgIpc) is 2.41. The maximum atomic E-state index is 9.68. The molecule has 0 saturated heterocycles. The lowest BCUT2D eigenvalue weighted by atomic mass is 10.4. The van der Waals surface area contributed by atoms with Crippen LogP contribution in [0.1, 0.15) is 5.01 Å². The Morgan fingerprint density at radius 2 is 2.70 bits per heavy atom. The molecule has 4 heteroatoms. The average molecular weight is 155 g/mol. The van der Waals surface area contributed by atoms with E-state index in [-0.39, 0.29) is 0 Å². The van der Waals surface area contributed by atoms with Crippen molar-refractivity contribution in [1.82, 2.24) is 10.3 Å². The fourth-order valence-corrected chi connectivity index (χ4v) is 1.22.